The highest BCUT2D eigenvalue weighted by molar-refractivity contribution is 7.71. The molecule has 0 saturated heterocycles. The van der Waals surface area contributed by atoms with Gasteiger partial charge >= 0.3 is 13.5 Å². The fourth-order valence-electron chi connectivity index (χ4n) is 2.11. The molecule has 0 saturated carbocycles. The minimum Gasteiger partial charge on any atom is -0.466 e. The number of carbonyl (C=O) groups excluding carboxylic acids is 1. The van der Waals surface area contributed by atoms with Crippen molar-refractivity contribution in [3.05, 3.63) is 34.1 Å². The molecule has 6 nitrogen and oxygen atoms in total. The molecule has 0 aliphatic heterocycles. The van der Waals surface area contributed by atoms with Crippen molar-refractivity contribution in [3.8, 4) is 0 Å². The Balaban J connectivity index is 2.24. The number of hydrogen-bond donors (Lipinski definition) is 0. The van der Waals surface area contributed by atoms with Gasteiger partial charge in [-0.05, 0) is 33.0 Å². The molecule has 0 fully saturated rings. The molecular formula is C13H18BN4O2S. The summed E-state index contributed by atoms with van der Waals surface area (Å²) in [6.45, 7) is 6.00. The largest absolute Gasteiger partial charge is 0.466 e. The predicted molar refractivity (Wildman–Crippen MR) is 82.8 cm³/mol. The molecule has 1 radical (unpaired) electrons. The summed E-state index contributed by atoms with van der Waals surface area (Å²) < 4.78 is 11.1. The molecule has 0 N–H and O–H groups in total. The second-order valence-electron chi connectivity index (χ2n) is 4.79. The fourth-order valence-corrected chi connectivity index (χ4v) is 2.28. The van der Waals surface area contributed by atoms with Gasteiger partial charge in [-0.25, -0.2) is 0 Å². The van der Waals surface area contributed by atoms with Gasteiger partial charge in [-0.1, -0.05) is 0 Å². The van der Waals surface area contributed by atoms with E-state index in [0.717, 1.165) is 17.0 Å². The summed E-state index contributed by atoms with van der Waals surface area (Å²) in [6.07, 6.45) is 3.98. The number of nitrogens with zero attached hydrogens (tertiary/aromatic N) is 4. The molecule has 2 rings (SSSR count). The first-order chi connectivity index (χ1) is 9.93. The zero-order chi connectivity index (χ0) is 15.6. The average molecular weight is 305 g/mol. The van der Waals surface area contributed by atoms with Crippen molar-refractivity contribution >= 4 is 25.7 Å². The summed E-state index contributed by atoms with van der Waals surface area (Å²) in [5, 5.41) is 4.45. The maximum atomic E-state index is 11.6. The number of imidazole rings is 1. The van der Waals surface area contributed by atoms with Crippen LogP contribution in [0.1, 0.15) is 23.9 Å². The molecule has 0 amide bonds. The average Bonchev–Trinajstić information content (AvgIpc) is 2.87. The highest BCUT2D eigenvalue weighted by atomic mass is 32.1. The van der Waals surface area contributed by atoms with E-state index in [-0.39, 0.29) is 12.4 Å². The van der Waals surface area contributed by atoms with E-state index in [1.54, 1.807) is 19.1 Å². The van der Waals surface area contributed by atoms with Crippen LogP contribution in [0.5, 0.6) is 0 Å². The molecule has 0 bridgehead atoms. The van der Waals surface area contributed by atoms with Crippen LogP contribution in [-0.2, 0) is 23.0 Å². The Morgan fingerprint density at radius 1 is 1.43 bits per heavy atom. The SMILES string of the molecule is CCOC(=O)Cc1c(C)nn([B]n2ccn(C)c2=S)c1C. The minimum atomic E-state index is -0.237. The van der Waals surface area contributed by atoms with Crippen molar-refractivity contribution < 1.29 is 9.53 Å². The summed E-state index contributed by atoms with van der Waals surface area (Å²) in [7, 11) is 3.69. The number of ether oxygens (including phenoxy) is 1. The number of carbonyl (C=O) groups is 1. The fraction of sp³-hybridized carbons (Fsp3) is 0.462. The third kappa shape index (κ3) is 3.26. The Kier molecular flexibility index (Phi) is 4.67. The summed E-state index contributed by atoms with van der Waals surface area (Å²) in [5.41, 5.74) is 2.62. The molecular weight excluding hydrogens is 287 g/mol. The normalized spacial score (nSPS) is 10.7. The quantitative estimate of drug-likeness (QED) is 0.476. The van der Waals surface area contributed by atoms with E-state index in [1.165, 1.54) is 0 Å². The maximum absolute atomic E-state index is 11.6. The third-order valence-electron chi connectivity index (χ3n) is 3.31. The van der Waals surface area contributed by atoms with Gasteiger partial charge in [0.05, 0.1) is 18.7 Å². The zero-order valence-electron chi connectivity index (χ0n) is 12.7. The van der Waals surface area contributed by atoms with Crippen LogP contribution in [0.4, 0.5) is 0 Å². The van der Waals surface area contributed by atoms with Gasteiger partial charge in [0.1, 0.15) is 0 Å². The van der Waals surface area contributed by atoms with Gasteiger partial charge in [0, 0.05) is 30.7 Å². The molecule has 21 heavy (non-hydrogen) atoms. The lowest BCUT2D eigenvalue weighted by atomic mass is 10.1. The molecule has 0 atom stereocenters. The van der Waals surface area contributed by atoms with Crippen molar-refractivity contribution in [1.29, 1.82) is 0 Å². The second kappa shape index (κ2) is 6.30. The Hall–Kier alpha value is -1.83. The number of aryl methyl sites for hydroxylation is 2. The molecule has 111 valence electrons. The van der Waals surface area contributed by atoms with Crippen LogP contribution >= 0.6 is 12.2 Å². The van der Waals surface area contributed by atoms with Gasteiger partial charge in [-0.3, -0.25) is 9.39 Å². The monoisotopic (exact) mass is 305 g/mol. The molecule has 2 heterocycles. The van der Waals surface area contributed by atoms with Crippen LogP contribution in [0.25, 0.3) is 0 Å². The van der Waals surface area contributed by atoms with E-state index >= 15 is 0 Å². The van der Waals surface area contributed by atoms with Crippen LogP contribution in [0.3, 0.4) is 0 Å². The number of aromatic nitrogens is 4. The summed E-state index contributed by atoms with van der Waals surface area (Å²) in [4.78, 5) is 11.6. The highest BCUT2D eigenvalue weighted by Gasteiger charge is 2.17. The molecule has 0 aromatic carbocycles. The predicted octanol–water partition coefficient (Wildman–Crippen LogP) is 1.41. The maximum Gasteiger partial charge on any atom is 0.421 e. The van der Waals surface area contributed by atoms with Gasteiger partial charge in [0.25, 0.3) is 0 Å². The van der Waals surface area contributed by atoms with Gasteiger partial charge in [0.15, 0.2) is 4.77 Å². The lowest BCUT2D eigenvalue weighted by Crippen LogP contribution is -2.19. The Morgan fingerprint density at radius 3 is 2.71 bits per heavy atom. The molecule has 2 aromatic rings. The first-order valence-electron chi connectivity index (χ1n) is 6.72. The van der Waals surface area contributed by atoms with E-state index in [0.29, 0.717) is 11.4 Å². The van der Waals surface area contributed by atoms with E-state index < -0.39 is 0 Å². The number of hydrogen-bond acceptors (Lipinski definition) is 4. The lowest BCUT2D eigenvalue weighted by Gasteiger charge is -2.05. The number of rotatable bonds is 5. The van der Waals surface area contributed by atoms with Crippen molar-refractivity contribution in [2.24, 2.45) is 7.05 Å². The minimum absolute atomic E-state index is 0.236. The van der Waals surface area contributed by atoms with Gasteiger partial charge in [-0.15, -0.1) is 0 Å². The van der Waals surface area contributed by atoms with Crippen LogP contribution < -0.4 is 0 Å². The van der Waals surface area contributed by atoms with E-state index in [9.17, 15) is 4.79 Å². The third-order valence-corrected chi connectivity index (χ3v) is 3.81. The van der Waals surface area contributed by atoms with E-state index in [1.807, 2.05) is 42.3 Å². The second-order valence-corrected chi connectivity index (χ2v) is 5.16. The first kappa shape index (κ1) is 15.6. The van der Waals surface area contributed by atoms with E-state index in [4.69, 9.17) is 17.0 Å². The van der Waals surface area contributed by atoms with Crippen LogP contribution in [0, 0.1) is 18.6 Å². The van der Waals surface area contributed by atoms with Crippen molar-refractivity contribution in [1.82, 2.24) is 18.7 Å². The first-order valence-corrected chi connectivity index (χ1v) is 7.13. The summed E-state index contributed by atoms with van der Waals surface area (Å²) >= 11 is 5.29. The van der Waals surface area contributed by atoms with E-state index in [2.05, 4.69) is 5.10 Å². The van der Waals surface area contributed by atoms with Crippen molar-refractivity contribution in [3.63, 3.8) is 0 Å². The molecule has 8 heteroatoms. The highest BCUT2D eigenvalue weighted by Crippen LogP contribution is 2.13. The smallest absolute Gasteiger partial charge is 0.421 e. The Labute approximate surface area is 129 Å². The standard InChI is InChI=1S/C13H18BN4O2S/c1-5-20-12(19)8-11-9(2)15-18(10(11)3)14-17-7-6-16(4)13(17)21/h6-7H,5,8H2,1-4H3. The molecule has 2 aromatic heterocycles. The topological polar surface area (TPSA) is 54.0 Å². The van der Waals surface area contributed by atoms with Crippen LogP contribution in [0.2, 0.25) is 0 Å². The summed E-state index contributed by atoms with van der Waals surface area (Å²) in [6, 6.07) is 0. The lowest BCUT2D eigenvalue weighted by molar-refractivity contribution is -0.142. The van der Waals surface area contributed by atoms with Gasteiger partial charge in [-0.2, -0.15) is 5.10 Å². The van der Waals surface area contributed by atoms with Crippen LogP contribution in [0.15, 0.2) is 12.4 Å². The van der Waals surface area contributed by atoms with Crippen molar-refractivity contribution in [2.75, 3.05) is 6.61 Å². The molecule has 0 unspecified atom stereocenters. The Morgan fingerprint density at radius 2 is 2.14 bits per heavy atom. The molecule has 0 spiro atoms. The van der Waals surface area contributed by atoms with Gasteiger partial charge < -0.3 is 13.8 Å². The Bertz CT molecular complexity index is 716. The van der Waals surface area contributed by atoms with Crippen molar-refractivity contribution in [2.45, 2.75) is 27.2 Å². The molecule has 0 aliphatic rings. The summed E-state index contributed by atoms with van der Waals surface area (Å²) in [5.74, 6) is -0.237. The zero-order valence-corrected chi connectivity index (χ0v) is 13.5. The molecule has 0 aliphatic carbocycles. The van der Waals surface area contributed by atoms with Gasteiger partial charge in [0.2, 0.25) is 0 Å². The number of esters is 1. The van der Waals surface area contributed by atoms with Crippen LogP contribution in [-0.4, -0.2) is 38.9 Å².